The summed E-state index contributed by atoms with van der Waals surface area (Å²) in [6.45, 7) is 12.7. The van der Waals surface area contributed by atoms with E-state index in [4.69, 9.17) is 0 Å². The second-order valence-corrected chi connectivity index (χ2v) is 8.55. The van der Waals surface area contributed by atoms with Gasteiger partial charge < -0.3 is 5.32 Å². The molecule has 1 nitrogen and oxygen atoms in total. The molecule has 1 aromatic heterocycles. The third-order valence-corrected chi connectivity index (χ3v) is 5.19. The molecule has 0 saturated carbocycles. The third-order valence-electron chi connectivity index (χ3n) is 3.20. The SMILES string of the molecule is CCCNC(CC(C)CC(C)(C)C)c1sccc1Br. The van der Waals surface area contributed by atoms with Crippen molar-refractivity contribution in [2.45, 2.75) is 59.9 Å². The summed E-state index contributed by atoms with van der Waals surface area (Å²) in [5, 5.41) is 5.88. The Hall–Kier alpha value is 0.140. The van der Waals surface area contributed by atoms with Gasteiger partial charge in [-0.25, -0.2) is 0 Å². The van der Waals surface area contributed by atoms with Crippen molar-refractivity contribution in [2.75, 3.05) is 6.54 Å². The van der Waals surface area contributed by atoms with Crippen LogP contribution in [0.3, 0.4) is 0 Å². The molecule has 110 valence electrons. The van der Waals surface area contributed by atoms with Crippen molar-refractivity contribution in [1.82, 2.24) is 5.32 Å². The molecule has 0 aliphatic heterocycles. The zero-order chi connectivity index (χ0) is 14.5. The van der Waals surface area contributed by atoms with E-state index in [1.165, 1.54) is 28.6 Å². The van der Waals surface area contributed by atoms with E-state index in [0.717, 1.165) is 12.5 Å². The summed E-state index contributed by atoms with van der Waals surface area (Å²) < 4.78 is 1.26. The number of rotatable bonds is 7. The van der Waals surface area contributed by atoms with Gasteiger partial charge in [0.25, 0.3) is 0 Å². The van der Waals surface area contributed by atoms with Crippen molar-refractivity contribution in [2.24, 2.45) is 11.3 Å². The maximum absolute atomic E-state index is 3.71. The zero-order valence-electron chi connectivity index (χ0n) is 12.9. The fourth-order valence-electron chi connectivity index (χ4n) is 2.69. The minimum absolute atomic E-state index is 0.418. The minimum Gasteiger partial charge on any atom is -0.309 e. The fourth-order valence-corrected chi connectivity index (χ4v) is 4.43. The van der Waals surface area contributed by atoms with Gasteiger partial charge in [-0.2, -0.15) is 0 Å². The third kappa shape index (κ3) is 6.42. The van der Waals surface area contributed by atoms with Crippen LogP contribution in [-0.2, 0) is 0 Å². The molecule has 0 fully saturated rings. The summed E-state index contributed by atoms with van der Waals surface area (Å²) in [7, 11) is 0. The average molecular weight is 346 g/mol. The molecule has 0 aromatic carbocycles. The first-order valence-electron chi connectivity index (χ1n) is 7.29. The van der Waals surface area contributed by atoms with Crippen molar-refractivity contribution in [1.29, 1.82) is 0 Å². The highest BCUT2D eigenvalue weighted by Gasteiger charge is 2.21. The summed E-state index contributed by atoms with van der Waals surface area (Å²) in [6.07, 6.45) is 3.68. The monoisotopic (exact) mass is 345 g/mol. The normalized spacial score (nSPS) is 15.5. The fraction of sp³-hybridized carbons (Fsp3) is 0.750. The second-order valence-electron chi connectivity index (χ2n) is 6.75. The van der Waals surface area contributed by atoms with Gasteiger partial charge >= 0.3 is 0 Å². The lowest BCUT2D eigenvalue weighted by Crippen LogP contribution is -2.24. The molecule has 19 heavy (non-hydrogen) atoms. The van der Waals surface area contributed by atoms with Gasteiger partial charge in [0.2, 0.25) is 0 Å². The van der Waals surface area contributed by atoms with Gasteiger partial charge in [-0.15, -0.1) is 11.3 Å². The molecule has 2 atom stereocenters. The van der Waals surface area contributed by atoms with Crippen LogP contribution in [0.25, 0.3) is 0 Å². The average Bonchev–Trinajstić information content (AvgIpc) is 2.68. The molecule has 3 heteroatoms. The van der Waals surface area contributed by atoms with Crippen molar-refractivity contribution in [3.63, 3.8) is 0 Å². The Morgan fingerprint density at radius 2 is 2.05 bits per heavy atom. The predicted octanol–water partition coefficient (Wildman–Crippen LogP) is 6.01. The molecule has 0 saturated heterocycles. The number of nitrogens with one attached hydrogen (secondary N) is 1. The number of halogens is 1. The van der Waals surface area contributed by atoms with E-state index in [1.807, 2.05) is 11.3 Å². The Kier molecular flexibility index (Phi) is 7.06. The summed E-state index contributed by atoms with van der Waals surface area (Å²) in [4.78, 5) is 1.45. The van der Waals surface area contributed by atoms with Gasteiger partial charge in [0.05, 0.1) is 0 Å². The van der Waals surface area contributed by atoms with E-state index in [2.05, 4.69) is 67.3 Å². The smallest absolute Gasteiger partial charge is 0.0428 e. The highest BCUT2D eigenvalue weighted by Crippen LogP contribution is 2.35. The van der Waals surface area contributed by atoms with Gasteiger partial charge in [-0.05, 0) is 64.5 Å². The van der Waals surface area contributed by atoms with Crippen molar-refractivity contribution in [3.05, 3.63) is 20.8 Å². The van der Waals surface area contributed by atoms with Crippen LogP contribution in [0.15, 0.2) is 15.9 Å². The molecule has 1 heterocycles. The van der Waals surface area contributed by atoms with Crippen LogP contribution in [0.2, 0.25) is 0 Å². The molecule has 1 aromatic rings. The van der Waals surface area contributed by atoms with Crippen LogP contribution in [0.5, 0.6) is 0 Å². The molecule has 1 N–H and O–H groups in total. The lowest BCUT2D eigenvalue weighted by molar-refractivity contribution is 0.276. The van der Waals surface area contributed by atoms with E-state index in [-0.39, 0.29) is 0 Å². The quantitative estimate of drug-likeness (QED) is 0.637. The van der Waals surface area contributed by atoms with Crippen molar-refractivity contribution < 1.29 is 0 Å². The topological polar surface area (TPSA) is 12.0 Å². The summed E-state index contributed by atoms with van der Waals surface area (Å²) >= 11 is 5.54. The largest absolute Gasteiger partial charge is 0.309 e. The Bertz CT molecular complexity index is 367. The molecule has 2 unspecified atom stereocenters. The number of thiophene rings is 1. The van der Waals surface area contributed by atoms with E-state index in [1.54, 1.807) is 0 Å². The van der Waals surface area contributed by atoms with Crippen LogP contribution in [0, 0.1) is 11.3 Å². The minimum atomic E-state index is 0.418. The van der Waals surface area contributed by atoms with E-state index in [0.29, 0.717) is 11.5 Å². The number of hydrogen-bond acceptors (Lipinski definition) is 2. The van der Waals surface area contributed by atoms with Crippen molar-refractivity contribution in [3.8, 4) is 0 Å². The Labute approximate surface area is 131 Å². The van der Waals surface area contributed by atoms with Gasteiger partial charge in [-0.3, -0.25) is 0 Å². The Morgan fingerprint density at radius 3 is 2.53 bits per heavy atom. The van der Waals surface area contributed by atoms with Gasteiger partial charge in [0, 0.05) is 15.4 Å². The van der Waals surface area contributed by atoms with Crippen molar-refractivity contribution >= 4 is 27.3 Å². The van der Waals surface area contributed by atoms with Gasteiger partial charge in [-0.1, -0.05) is 34.6 Å². The van der Waals surface area contributed by atoms with Crippen LogP contribution in [0.1, 0.15) is 64.8 Å². The van der Waals surface area contributed by atoms with Gasteiger partial charge in [0.1, 0.15) is 0 Å². The summed E-state index contributed by atoms with van der Waals surface area (Å²) in [5.41, 5.74) is 0.418. The molecule has 0 spiro atoms. The first kappa shape index (κ1) is 17.2. The van der Waals surface area contributed by atoms with E-state index < -0.39 is 0 Å². The molecule has 0 radical (unpaired) electrons. The number of hydrogen-bond donors (Lipinski definition) is 1. The van der Waals surface area contributed by atoms with Crippen LogP contribution in [-0.4, -0.2) is 6.54 Å². The maximum atomic E-state index is 3.71. The summed E-state index contributed by atoms with van der Waals surface area (Å²) in [5.74, 6) is 0.739. The maximum Gasteiger partial charge on any atom is 0.0428 e. The lowest BCUT2D eigenvalue weighted by atomic mass is 9.82. The molecule has 0 aliphatic rings. The molecule has 1 rings (SSSR count). The van der Waals surface area contributed by atoms with Crippen LogP contribution < -0.4 is 5.32 Å². The standard InChI is InChI=1S/C16H28BrNS/c1-6-8-18-14(15-13(17)7-9-19-15)10-12(2)11-16(3,4)5/h7,9,12,14,18H,6,8,10-11H2,1-5H3. The molecule has 0 aliphatic carbocycles. The highest BCUT2D eigenvalue weighted by atomic mass is 79.9. The van der Waals surface area contributed by atoms with E-state index >= 15 is 0 Å². The van der Waals surface area contributed by atoms with Crippen LogP contribution >= 0.6 is 27.3 Å². The Balaban J connectivity index is 2.67. The van der Waals surface area contributed by atoms with E-state index in [9.17, 15) is 0 Å². The Morgan fingerprint density at radius 1 is 1.37 bits per heavy atom. The molecule has 0 bridgehead atoms. The molecular weight excluding hydrogens is 318 g/mol. The molecule has 0 amide bonds. The zero-order valence-corrected chi connectivity index (χ0v) is 15.3. The predicted molar refractivity (Wildman–Crippen MR) is 90.9 cm³/mol. The first-order valence-corrected chi connectivity index (χ1v) is 8.97. The highest BCUT2D eigenvalue weighted by molar-refractivity contribution is 9.10. The second kappa shape index (κ2) is 7.80. The molecular formula is C16H28BrNS. The lowest BCUT2D eigenvalue weighted by Gasteiger charge is -2.27. The first-order chi connectivity index (χ1) is 8.83. The van der Waals surface area contributed by atoms with Gasteiger partial charge in [0.15, 0.2) is 0 Å². The van der Waals surface area contributed by atoms with Crippen LogP contribution in [0.4, 0.5) is 0 Å². The summed E-state index contributed by atoms with van der Waals surface area (Å²) in [6, 6.07) is 2.65.